The highest BCUT2D eigenvalue weighted by Crippen LogP contribution is 2.37. The zero-order valence-corrected chi connectivity index (χ0v) is 14.4. The van der Waals surface area contributed by atoms with Crippen molar-refractivity contribution in [1.82, 2.24) is 4.90 Å². The molecule has 0 spiro atoms. The molecule has 1 aromatic carbocycles. The molecule has 6 heteroatoms. The van der Waals surface area contributed by atoms with Gasteiger partial charge in [-0.3, -0.25) is 9.59 Å². The van der Waals surface area contributed by atoms with Crippen molar-refractivity contribution in [3.63, 3.8) is 0 Å². The van der Waals surface area contributed by atoms with Crippen molar-refractivity contribution >= 4 is 23.5 Å². The van der Waals surface area contributed by atoms with Crippen molar-refractivity contribution in [2.24, 2.45) is 11.8 Å². The molecule has 2 amide bonds. The van der Waals surface area contributed by atoms with E-state index in [2.05, 4.69) is 5.32 Å². The second-order valence-corrected chi connectivity index (χ2v) is 7.04. The van der Waals surface area contributed by atoms with Crippen LogP contribution in [-0.2, 0) is 9.59 Å². The lowest BCUT2D eigenvalue weighted by Gasteiger charge is -2.33. The number of piperidine rings is 1. The molecule has 2 atom stereocenters. The third kappa shape index (κ3) is 4.00. The van der Waals surface area contributed by atoms with Crippen LogP contribution in [-0.4, -0.2) is 40.4 Å². The summed E-state index contributed by atoms with van der Waals surface area (Å²) in [5, 5.41) is 12.2. The Morgan fingerprint density at radius 3 is 2.64 bits per heavy atom. The fourth-order valence-corrected chi connectivity index (χ4v) is 3.39. The average Bonchev–Trinajstić information content (AvgIpc) is 3.45. The van der Waals surface area contributed by atoms with E-state index in [9.17, 15) is 19.5 Å². The van der Waals surface area contributed by atoms with Gasteiger partial charge in [0, 0.05) is 23.7 Å². The van der Waals surface area contributed by atoms with E-state index < -0.39 is 12.0 Å². The first-order valence-electron chi connectivity index (χ1n) is 8.92. The van der Waals surface area contributed by atoms with Crippen LogP contribution in [0, 0.1) is 11.8 Å². The van der Waals surface area contributed by atoms with Crippen molar-refractivity contribution < 1.29 is 19.5 Å². The maximum atomic E-state index is 12.8. The summed E-state index contributed by atoms with van der Waals surface area (Å²) in [5.74, 6) is -0.852. The van der Waals surface area contributed by atoms with Gasteiger partial charge < -0.3 is 15.3 Å². The van der Waals surface area contributed by atoms with Gasteiger partial charge in [0.1, 0.15) is 6.04 Å². The number of benzene rings is 1. The summed E-state index contributed by atoms with van der Waals surface area (Å²) < 4.78 is 0. The van der Waals surface area contributed by atoms with Crippen molar-refractivity contribution in [3.05, 3.63) is 29.8 Å². The normalized spacial score (nSPS) is 21.5. The van der Waals surface area contributed by atoms with Gasteiger partial charge in [0.25, 0.3) is 5.91 Å². The van der Waals surface area contributed by atoms with Gasteiger partial charge in [-0.1, -0.05) is 13.0 Å². The molecular weight excluding hydrogens is 320 g/mol. The van der Waals surface area contributed by atoms with E-state index in [1.165, 1.54) is 4.90 Å². The Morgan fingerprint density at radius 1 is 1.20 bits per heavy atom. The number of carboxylic acids is 1. The maximum absolute atomic E-state index is 12.8. The number of nitrogens with zero attached hydrogens (tertiary/aromatic N) is 1. The minimum atomic E-state index is -0.962. The highest BCUT2D eigenvalue weighted by molar-refractivity contribution is 5.99. The molecule has 0 bridgehead atoms. The van der Waals surface area contributed by atoms with Crippen LogP contribution >= 0.6 is 0 Å². The Balaban J connectivity index is 1.72. The number of nitrogens with one attached hydrogen (secondary N) is 1. The number of likely N-dealkylation sites (tertiary alicyclic amines) is 1. The minimum absolute atomic E-state index is 0.0298. The Morgan fingerprint density at radius 2 is 1.96 bits per heavy atom. The largest absolute Gasteiger partial charge is 0.480 e. The molecule has 3 rings (SSSR count). The number of carbonyl (C=O) groups excluding carboxylic acids is 2. The molecule has 0 aromatic heterocycles. The Hall–Kier alpha value is -2.37. The molecule has 2 fully saturated rings. The number of hydrogen-bond acceptors (Lipinski definition) is 3. The second kappa shape index (κ2) is 7.25. The average molecular weight is 344 g/mol. The molecule has 1 aliphatic heterocycles. The van der Waals surface area contributed by atoms with Crippen molar-refractivity contribution in [2.75, 3.05) is 11.9 Å². The second-order valence-electron chi connectivity index (χ2n) is 7.04. The lowest BCUT2D eigenvalue weighted by Crippen LogP contribution is -2.48. The summed E-state index contributed by atoms with van der Waals surface area (Å²) in [5.41, 5.74) is 0.984. The summed E-state index contributed by atoms with van der Waals surface area (Å²) in [6.07, 6.45) is 4.30. The standard InChI is InChI=1S/C19H24N2O4/c1-12(13-8-9-13)17(22)20-15-6-4-5-14(11-15)18(23)21-10-3-2-7-16(21)19(24)25/h4-6,11-13,16H,2-3,7-10H2,1H3,(H,20,22)(H,24,25). The molecule has 1 aliphatic carbocycles. The quantitative estimate of drug-likeness (QED) is 0.860. The van der Waals surface area contributed by atoms with Crippen LogP contribution in [0.2, 0.25) is 0 Å². The van der Waals surface area contributed by atoms with Crippen LogP contribution in [0.5, 0.6) is 0 Å². The predicted octanol–water partition coefficient (Wildman–Crippen LogP) is 2.75. The van der Waals surface area contributed by atoms with E-state index >= 15 is 0 Å². The van der Waals surface area contributed by atoms with Crippen LogP contribution in [0.4, 0.5) is 5.69 Å². The molecule has 1 saturated heterocycles. The van der Waals surface area contributed by atoms with Gasteiger partial charge in [-0.25, -0.2) is 4.79 Å². The lowest BCUT2D eigenvalue weighted by molar-refractivity contribution is -0.143. The summed E-state index contributed by atoms with van der Waals surface area (Å²) in [6, 6.07) is 5.99. The zero-order valence-electron chi connectivity index (χ0n) is 14.4. The first-order valence-corrected chi connectivity index (χ1v) is 8.92. The van der Waals surface area contributed by atoms with Crippen molar-refractivity contribution in [3.8, 4) is 0 Å². The monoisotopic (exact) mass is 344 g/mol. The molecular formula is C19H24N2O4. The van der Waals surface area contributed by atoms with E-state index in [0.29, 0.717) is 30.1 Å². The predicted molar refractivity (Wildman–Crippen MR) is 93.3 cm³/mol. The molecule has 2 unspecified atom stereocenters. The molecule has 134 valence electrons. The fourth-order valence-electron chi connectivity index (χ4n) is 3.39. The Bertz CT molecular complexity index is 684. The lowest BCUT2D eigenvalue weighted by atomic mass is 10.0. The molecule has 25 heavy (non-hydrogen) atoms. The number of carboxylic acid groups (broad SMARTS) is 1. The highest BCUT2D eigenvalue weighted by Gasteiger charge is 2.34. The minimum Gasteiger partial charge on any atom is -0.480 e. The molecule has 2 N–H and O–H groups in total. The van der Waals surface area contributed by atoms with Crippen LogP contribution in [0.1, 0.15) is 49.4 Å². The van der Waals surface area contributed by atoms with Gasteiger partial charge in [-0.2, -0.15) is 0 Å². The van der Waals surface area contributed by atoms with Crippen LogP contribution < -0.4 is 5.32 Å². The summed E-state index contributed by atoms with van der Waals surface area (Å²) in [7, 11) is 0. The SMILES string of the molecule is CC(C(=O)Nc1cccc(C(=O)N2CCCCC2C(=O)O)c1)C1CC1. The first kappa shape index (κ1) is 17.5. The molecule has 2 aliphatic rings. The highest BCUT2D eigenvalue weighted by atomic mass is 16.4. The third-order valence-electron chi connectivity index (χ3n) is 5.17. The zero-order chi connectivity index (χ0) is 18.0. The molecule has 1 aromatic rings. The van der Waals surface area contributed by atoms with Crippen LogP contribution in [0.3, 0.4) is 0 Å². The Labute approximate surface area is 147 Å². The van der Waals surface area contributed by atoms with E-state index in [1.807, 2.05) is 6.92 Å². The van der Waals surface area contributed by atoms with E-state index in [4.69, 9.17) is 0 Å². The van der Waals surface area contributed by atoms with Gasteiger partial charge in [-0.05, 0) is 56.2 Å². The van der Waals surface area contributed by atoms with Gasteiger partial charge in [0.15, 0.2) is 0 Å². The molecule has 0 radical (unpaired) electrons. The molecule has 1 heterocycles. The van der Waals surface area contributed by atoms with E-state index in [0.717, 1.165) is 25.7 Å². The van der Waals surface area contributed by atoms with E-state index in [-0.39, 0.29) is 17.7 Å². The van der Waals surface area contributed by atoms with Gasteiger partial charge in [0.05, 0.1) is 0 Å². The Kier molecular flexibility index (Phi) is 5.06. The van der Waals surface area contributed by atoms with Gasteiger partial charge in [0.2, 0.25) is 5.91 Å². The number of rotatable bonds is 5. The van der Waals surface area contributed by atoms with Gasteiger partial charge in [-0.15, -0.1) is 0 Å². The number of amides is 2. The summed E-state index contributed by atoms with van der Waals surface area (Å²) in [6.45, 7) is 2.37. The summed E-state index contributed by atoms with van der Waals surface area (Å²) >= 11 is 0. The molecule has 1 saturated carbocycles. The maximum Gasteiger partial charge on any atom is 0.326 e. The number of anilines is 1. The van der Waals surface area contributed by atoms with Gasteiger partial charge >= 0.3 is 5.97 Å². The molecule has 6 nitrogen and oxygen atoms in total. The number of aliphatic carboxylic acids is 1. The van der Waals surface area contributed by atoms with E-state index in [1.54, 1.807) is 24.3 Å². The third-order valence-corrected chi connectivity index (χ3v) is 5.17. The topological polar surface area (TPSA) is 86.7 Å². The number of carbonyl (C=O) groups is 3. The fraction of sp³-hybridized carbons (Fsp3) is 0.526. The van der Waals surface area contributed by atoms with Crippen molar-refractivity contribution in [1.29, 1.82) is 0 Å². The smallest absolute Gasteiger partial charge is 0.326 e. The van der Waals surface area contributed by atoms with Crippen LogP contribution in [0.15, 0.2) is 24.3 Å². The number of hydrogen-bond donors (Lipinski definition) is 2. The first-order chi connectivity index (χ1) is 12.0. The summed E-state index contributed by atoms with van der Waals surface area (Å²) in [4.78, 5) is 37.8. The van der Waals surface area contributed by atoms with Crippen molar-refractivity contribution in [2.45, 2.75) is 45.1 Å². The van der Waals surface area contributed by atoms with Crippen LogP contribution in [0.25, 0.3) is 0 Å².